The van der Waals surface area contributed by atoms with Crippen LogP contribution in [0.1, 0.15) is 51.4 Å². The lowest BCUT2D eigenvalue weighted by Crippen LogP contribution is -2.04. The minimum Gasteiger partial charge on any atom is -0.382 e. The van der Waals surface area contributed by atoms with E-state index in [0.717, 1.165) is 34.2 Å². The topological polar surface area (TPSA) is 67.6 Å². The summed E-state index contributed by atoms with van der Waals surface area (Å²) in [5.41, 5.74) is 10.5. The standard InChI is InChI=1S/C19H26N4/c1-12-21-16-14-11-13(7-5-6-10-19(2,3)4)8-9-15(14)23-18(20)17(16)22-12/h8-9,11H,5-7,10H2,1-4H3,(H2,20,23)(H,21,22). The fourth-order valence-electron chi connectivity index (χ4n) is 3.07. The molecule has 0 aliphatic rings. The molecule has 0 aliphatic heterocycles. The quantitative estimate of drug-likeness (QED) is 0.683. The first-order valence-electron chi connectivity index (χ1n) is 8.38. The summed E-state index contributed by atoms with van der Waals surface area (Å²) in [5, 5.41) is 1.09. The van der Waals surface area contributed by atoms with E-state index in [-0.39, 0.29) is 0 Å². The van der Waals surface area contributed by atoms with Crippen LogP contribution >= 0.6 is 0 Å². The molecule has 0 saturated carbocycles. The minimum atomic E-state index is 0.420. The van der Waals surface area contributed by atoms with Crippen LogP contribution in [0.5, 0.6) is 0 Å². The van der Waals surface area contributed by atoms with Crippen molar-refractivity contribution in [2.45, 2.75) is 53.4 Å². The van der Waals surface area contributed by atoms with Crippen LogP contribution in [0.2, 0.25) is 0 Å². The highest BCUT2D eigenvalue weighted by Crippen LogP contribution is 2.28. The van der Waals surface area contributed by atoms with E-state index >= 15 is 0 Å². The fourth-order valence-corrected chi connectivity index (χ4v) is 3.07. The van der Waals surface area contributed by atoms with Gasteiger partial charge in [-0.2, -0.15) is 0 Å². The average molecular weight is 310 g/mol. The monoisotopic (exact) mass is 310 g/mol. The summed E-state index contributed by atoms with van der Waals surface area (Å²) >= 11 is 0. The number of pyridine rings is 1. The molecule has 0 unspecified atom stereocenters. The third kappa shape index (κ3) is 3.46. The van der Waals surface area contributed by atoms with Crippen LogP contribution in [0.15, 0.2) is 18.2 Å². The number of aromatic nitrogens is 3. The van der Waals surface area contributed by atoms with E-state index in [1.807, 2.05) is 6.92 Å². The molecule has 0 bridgehead atoms. The Balaban J connectivity index is 1.86. The number of imidazole rings is 1. The van der Waals surface area contributed by atoms with E-state index in [4.69, 9.17) is 5.73 Å². The van der Waals surface area contributed by atoms with Gasteiger partial charge in [0, 0.05) is 5.39 Å². The van der Waals surface area contributed by atoms with E-state index in [9.17, 15) is 0 Å². The Morgan fingerprint density at radius 2 is 1.91 bits per heavy atom. The van der Waals surface area contributed by atoms with Crippen molar-refractivity contribution < 1.29 is 0 Å². The zero-order valence-corrected chi connectivity index (χ0v) is 14.5. The maximum atomic E-state index is 6.03. The van der Waals surface area contributed by atoms with Gasteiger partial charge in [-0.25, -0.2) is 9.97 Å². The van der Waals surface area contributed by atoms with Crippen molar-refractivity contribution >= 4 is 27.8 Å². The molecule has 0 fully saturated rings. The van der Waals surface area contributed by atoms with E-state index in [2.05, 4.69) is 53.9 Å². The number of anilines is 1. The summed E-state index contributed by atoms with van der Waals surface area (Å²) in [6.07, 6.45) is 4.84. The number of rotatable bonds is 4. The van der Waals surface area contributed by atoms with Crippen molar-refractivity contribution in [2.24, 2.45) is 5.41 Å². The van der Waals surface area contributed by atoms with Gasteiger partial charge >= 0.3 is 0 Å². The molecular formula is C19H26N4. The number of nitrogens with two attached hydrogens (primary N) is 1. The number of hydrogen-bond donors (Lipinski definition) is 2. The van der Waals surface area contributed by atoms with Gasteiger partial charge in [0.05, 0.1) is 5.52 Å². The van der Waals surface area contributed by atoms with E-state index in [1.165, 1.54) is 24.8 Å². The Morgan fingerprint density at radius 1 is 1.13 bits per heavy atom. The number of nitrogens with zero attached hydrogens (tertiary/aromatic N) is 2. The highest BCUT2D eigenvalue weighted by Gasteiger charge is 2.12. The van der Waals surface area contributed by atoms with E-state index in [0.29, 0.717) is 11.2 Å². The Hall–Kier alpha value is -2.10. The van der Waals surface area contributed by atoms with Crippen molar-refractivity contribution in [1.29, 1.82) is 0 Å². The zero-order chi connectivity index (χ0) is 16.6. The minimum absolute atomic E-state index is 0.420. The number of aromatic amines is 1. The van der Waals surface area contributed by atoms with Gasteiger partial charge in [-0.15, -0.1) is 0 Å². The molecule has 0 amide bonds. The average Bonchev–Trinajstić information content (AvgIpc) is 2.86. The molecule has 0 saturated heterocycles. The molecule has 0 aliphatic carbocycles. The first kappa shape index (κ1) is 15.8. The van der Waals surface area contributed by atoms with E-state index < -0.39 is 0 Å². The number of H-pyrrole nitrogens is 1. The number of nitrogens with one attached hydrogen (secondary N) is 1. The van der Waals surface area contributed by atoms with Crippen LogP contribution in [0.3, 0.4) is 0 Å². The summed E-state index contributed by atoms with van der Waals surface area (Å²) in [5.74, 6) is 1.39. The van der Waals surface area contributed by atoms with E-state index in [1.54, 1.807) is 0 Å². The van der Waals surface area contributed by atoms with Crippen LogP contribution in [0, 0.1) is 12.3 Å². The molecule has 4 nitrogen and oxygen atoms in total. The fraction of sp³-hybridized carbons (Fsp3) is 0.474. The number of aryl methyl sites for hydroxylation is 2. The van der Waals surface area contributed by atoms with Gasteiger partial charge in [0.25, 0.3) is 0 Å². The SMILES string of the molecule is Cc1nc2c([nH]1)c(N)nc1ccc(CCCCC(C)(C)C)cc12. The third-order valence-corrected chi connectivity index (χ3v) is 4.28. The highest BCUT2D eigenvalue weighted by molar-refractivity contribution is 6.06. The predicted molar refractivity (Wildman–Crippen MR) is 97.6 cm³/mol. The number of benzene rings is 1. The van der Waals surface area contributed by atoms with Gasteiger partial charge in [0.15, 0.2) is 0 Å². The molecule has 3 rings (SSSR count). The molecule has 23 heavy (non-hydrogen) atoms. The summed E-state index contributed by atoms with van der Waals surface area (Å²) in [6, 6.07) is 6.45. The van der Waals surface area contributed by atoms with Crippen molar-refractivity contribution in [3.8, 4) is 0 Å². The second-order valence-electron chi connectivity index (χ2n) is 7.66. The van der Waals surface area contributed by atoms with Gasteiger partial charge in [-0.1, -0.05) is 33.3 Å². The van der Waals surface area contributed by atoms with Gasteiger partial charge < -0.3 is 10.7 Å². The summed E-state index contributed by atoms with van der Waals surface area (Å²) < 4.78 is 0. The molecule has 0 spiro atoms. The molecule has 3 N–H and O–H groups in total. The molecule has 3 aromatic rings. The van der Waals surface area contributed by atoms with Crippen LogP contribution in [-0.4, -0.2) is 15.0 Å². The Labute approximate surface area is 137 Å². The third-order valence-electron chi connectivity index (χ3n) is 4.28. The second kappa shape index (κ2) is 5.84. The Morgan fingerprint density at radius 3 is 2.65 bits per heavy atom. The maximum Gasteiger partial charge on any atom is 0.150 e. The predicted octanol–water partition coefficient (Wildman–Crippen LogP) is 4.76. The molecule has 2 aromatic heterocycles. The summed E-state index contributed by atoms with van der Waals surface area (Å²) in [7, 11) is 0. The molecule has 122 valence electrons. The van der Waals surface area contributed by atoms with Crippen molar-refractivity contribution in [3.63, 3.8) is 0 Å². The van der Waals surface area contributed by atoms with Crippen LogP contribution < -0.4 is 5.73 Å². The number of hydrogen-bond acceptors (Lipinski definition) is 3. The van der Waals surface area contributed by atoms with Gasteiger partial charge in [-0.05, 0) is 49.3 Å². The number of fused-ring (bicyclic) bond motifs is 3. The Kier molecular flexibility index (Phi) is 4.00. The maximum absolute atomic E-state index is 6.03. The Bertz CT molecular complexity index is 840. The first-order chi connectivity index (χ1) is 10.8. The van der Waals surface area contributed by atoms with Crippen LogP contribution in [0.25, 0.3) is 21.9 Å². The molecule has 0 atom stereocenters. The summed E-state index contributed by atoms with van der Waals surface area (Å²) in [4.78, 5) is 12.3. The zero-order valence-electron chi connectivity index (χ0n) is 14.5. The van der Waals surface area contributed by atoms with Crippen LogP contribution in [-0.2, 0) is 6.42 Å². The molecule has 0 radical (unpaired) electrons. The first-order valence-corrected chi connectivity index (χ1v) is 8.38. The lowest BCUT2D eigenvalue weighted by molar-refractivity contribution is 0.360. The smallest absolute Gasteiger partial charge is 0.150 e. The van der Waals surface area contributed by atoms with Crippen molar-refractivity contribution in [2.75, 3.05) is 5.73 Å². The lowest BCUT2D eigenvalue weighted by Gasteiger charge is -2.17. The molecule has 1 aromatic carbocycles. The number of nitrogen functional groups attached to an aromatic ring is 1. The second-order valence-corrected chi connectivity index (χ2v) is 7.66. The van der Waals surface area contributed by atoms with Crippen molar-refractivity contribution in [1.82, 2.24) is 15.0 Å². The summed E-state index contributed by atoms with van der Waals surface area (Å²) in [6.45, 7) is 8.85. The molecular weight excluding hydrogens is 284 g/mol. The normalized spacial score (nSPS) is 12.3. The van der Waals surface area contributed by atoms with Crippen LogP contribution in [0.4, 0.5) is 5.82 Å². The molecule has 2 heterocycles. The van der Waals surface area contributed by atoms with Gasteiger partial charge in [0.1, 0.15) is 22.7 Å². The molecule has 4 heteroatoms. The van der Waals surface area contributed by atoms with Crippen molar-refractivity contribution in [3.05, 3.63) is 29.6 Å². The van der Waals surface area contributed by atoms with Gasteiger partial charge in [-0.3, -0.25) is 0 Å². The largest absolute Gasteiger partial charge is 0.382 e. The number of unbranched alkanes of at least 4 members (excludes halogenated alkanes) is 1. The van der Waals surface area contributed by atoms with Gasteiger partial charge in [0.2, 0.25) is 0 Å². The lowest BCUT2D eigenvalue weighted by atomic mass is 9.89. The highest BCUT2D eigenvalue weighted by atomic mass is 15.0.